The molecule has 3 nitrogen and oxygen atoms in total. The molecule has 0 saturated carbocycles. The molecule has 0 radical (unpaired) electrons. The number of hydrazine groups is 2. The van der Waals surface area contributed by atoms with E-state index < -0.39 is 0 Å². The quantitative estimate of drug-likeness (QED) is 0.842. The minimum atomic E-state index is 0.504. The number of rotatable bonds is 1. The second-order valence-electron chi connectivity index (χ2n) is 6.05. The van der Waals surface area contributed by atoms with Gasteiger partial charge in [0.05, 0.1) is 11.4 Å². The highest BCUT2D eigenvalue weighted by Crippen LogP contribution is 2.39. The van der Waals surface area contributed by atoms with Crippen LogP contribution in [0.4, 0.5) is 0 Å². The van der Waals surface area contributed by atoms with Crippen molar-refractivity contribution in [1.82, 2.24) is 16.0 Å². The SMILES string of the molecule is CCN1NNC2=C1c1ccccc1CC(C)c1ccccc12. The first-order valence-corrected chi connectivity index (χ1v) is 8.00. The maximum atomic E-state index is 3.40. The van der Waals surface area contributed by atoms with Gasteiger partial charge in [0.25, 0.3) is 0 Å². The third kappa shape index (κ3) is 1.93. The van der Waals surface area contributed by atoms with Crippen molar-refractivity contribution in [3.05, 3.63) is 70.8 Å². The van der Waals surface area contributed by atoms with Crippen molar-refractivity contribution >= 4 is 11.4 Å². The fourth-order valence-corrected chi connectivity index (χ4v) is 3.61. The molecule has 1 aliphatic carbocycles. The summed E-state index contributed by atoms with van der Waals surface area (Å²) in [5.74, 6) is 0.504. The predicted octanol–water partition coefficient (Wildman–Crippen LogP) is 3.52. The maximum Gasteiger partial charge on any atom is 0.0863 e. The van der Waals surface area contributed by atoms with Crippen LogP contribution >= 0.6 is 0 Å². The normalized spacial score (nSPS) is 19.7. The first-order chi connectivity index (χ1) is 10.8. The van der Waals surface area contributed by atoms with E-state index in [4.69, 9.17) is 0 Å². The Bertz CT molecular complexity index is 748. The van der Waals surface area contributed by atoms with Crippen molar-refractivity contribution in [3.8, 4) is 0 Å². The van der Waals surface area contributed by atoms with Crippen LogP contribution in [0, 0.1) is 0 Å². The van der Waals surface area contributed by atoms with Crippen molar-refractivity contribution < 1.29 is 0 Å². The minimum Gasteiger partial charge on any atom is -0.301 e. The van der Waals surface area contributed by atoms with Gasteiger partial charge in [0.1, 0.15) is 0 Å². The summed E-state index contributed by atoms with van der Waals surface area (Å²) in [7, 11) is 0. The highest BCUT2D eigenvalue weighted by Gasteiger charge is 2.29. The molecule has 0 aromatic heterocycles. The number of fused-ring (bicyclic) bond motifs is 4. The lowest BCUT2D eigenvalue weighted by Crippen LogP contribution is -2.37. The van der Waals surface area contributed by atoms with Crippen molar-refractivity contribution in [1.29, 1.82) is 0 Å². The highest BCUT2D eigenvalue weighted by molar-refractivity contribution is 5.92. The molecular weight excluding hydrogens is 270 g/mol. The summed E-state index contributed by atoms with van der Waals surface area (Å²) in [6.45, 7) is 5.40. The number of nitrogens with one attached hydrogen (secondary N) is 2. The zero-order chi connectivity index (χ0) is 15.1. The van der Waals surface area contributed by atoms with Gasteiger partial charge in [-0.05, 0) is 30.4 Å². The molecule has 112 valence electrons. The first-order valence-electron chi connectivity index (χ1n) is 8.00. The molecule has 2 N–H and O–H groups in total. The number of hydrogen-bond acceptors (Lipinski definition) is 3. The van der Waals surface area contributed by atoms with E-state index in [0.717, 1.165) is 13.0 Å². The van der Waals surface area contributed by atoms with E-state index >= 15 is 0 Å². The summed E-state index contributed by atoms with van der Waals surface area (Å²) >= 11 is 0. The molecule has 2 aromatic carbocycles. The van der Waals surface area contributed by atoms with Crippen LogP contribution in [0.2, 0.25) is 0 Å². The lowest BCUT2D eigenvalue weighted by molar-refractivity contribution is 0.302. The van der Waals surface area contributed by atoms with Crippen LogP contribution in [0.1, 0.15) is 42.0 Å². The fourth-order valence-electron chi connectivity index (χ4n) is 3.61. The van der Waals surface area contributed by atoms with E-state index in [2.05, 4.69) is 78.3 Å². The van der Waals surface area contributed by atoms with E-state index in [1.165, 1.54) is 33.6 Å². The number of nitrogens with zero attached hydrogens (tertiary/aromatic N) is 1. The summed E-state index contributed by atoms with van der Waals surface area (Å²) in [5.41, 5.74) is 14.6. The average Bonchev–Trinajstić information content (AvgIpc) is 2.97. The van der Waals surface area contributed by atoms with Gasteiger partial charge in [0, 0.05) is 17.7 Å². The Labute approximate surface area is 131 Å². The van der Waals surface area contributed by atoms with Crippen LogP contribution in [0.5, 0.6) is 0 Å². The summed E-state index contributed by atoms with van der Waals surface area (Å²) < 4.78 is 0. The molecule has 22 heavy (non-hydrogen) atoms. The summed E-state index contributed by atoms with van der Waals surface area (Å²) in [6.07, 6.45) is 1.07. The van der Waals surface area contributed by atoms with Crippen molar-refractivity contribution in [3.63, 3.8) is 0 Å². The molecule has 0 bridgehead atoms. The second kappa shape index (κ2) is 5.18. The summed E-state index contributed by atoms with van der Waals surface area (Å²) in [4.78, 5) is 0. The van der Waals surface area contributed by atoms with Crippen LogP contribution in [-0.4, -0.2) is 11.6 Å². The highest BCUT2D eigenvalue weighted by atomic mass is 15.7. The number of benzene rings is 2. The zero-order valence-electron chi connectivity index (χ0n) is 13.1. The monoisotopic (exact) mass is 291 g/mol. The van der Waals surface area contributed by atoms with Gasteiger partial charge in [-0.15, -0.1) is 5.53 Å². The van der Waals surface area contributed by atoms with Gasteiger partial charge in [-0.25, -0.2) is 0 Å². The van der Waals surface area contributed by atoms with Crippen LogP contribution in [0.25, 0.3) is 11.4 Å². The minimum absolute atomic E-state index is 0.504. The van der Waals surface area contributed by atoms with Gasteiger partial charge in [-0.3, -0.25) is 5.01 Å². The molecule has 1 heterocycles. The van der Waals surface area contributed by atoms with Crippen molar-refractivity contribution in [2.75, 3.05) is 6.54 Å². The van der Waals surface area contributed by atoms with E-state index in [9.17, 15) is 0 Å². The maximum absolute atomic E-state index is 3.40. The first kappa shape index (κ1) is 13.4. The second-order valence-corrected chi connectivity index (χ2v) is 6.05. The molecule has 1 unspecified atom stereocenters. The van der Waals surface area contributed by atoms with E-state index in [0.29, 0.717) is 5.92 Å². The standard InChI is InChI=1S/C19H21N3/c1-3-22-19-16-10-5-4-8-14(16)12-13(2)15-9-6-7-11-17(15)18(19)20-21-22/h4-11,13,20-21H,3,12H2,1-2H3. The van der Waals surface area contributed by atoms with Crippen LogP contribution in [0.3, 0.4) is 0 Å². The van der Waals surface area contributed by atoms with Crippen LogP contribution in [0.15, 0.2) is 48.5 Å². The topological polar surface area (TPSA) is 27.3 Å². The predicted molar refractivity (Wildman–Crippen MR) is 90.5 cm³/mol. The van der Waals surface area contributed by atoms with Crippen molar-refractivity contribution in [2.45, 2.75) is 26.2 Å². The molecular formula is C19H21N3. The number of hydrogen-bond donors (Lipinski definition) is 2. The Morgan fingerprint density at radius 3 is 2.59 bits per heavy atom. The molecule has 0 spiro atoms. The van der Waals surface area contributed by atoms with Gasteiger partial charge < -0.3 is 5.43 Å². The molecule has 0 fully saturated rings. The van der Waals surface area contributed by atoms with E-state index in [-0.39, 0.29) is 0 Å². The van der Waals surface area contributed by atoms with Crippen molar-refractivity contribution in [2.24, 2.45) is 0 Å². The molecule has 0 saturated heterocycles. The van der Waals surface area contributed by atoms with E-state index in [1.54, 1.807) is 0 Å². The molecule has 0 amide bonds. The molecule has 2 aromatic rings. The van der Waals surface area contributed by atoms with Gasteiger partial charge in [0.15, 0.2) is 0 Å². The lowest BCUT2D eigenvalue weighted by Gasteiger charge is -2.25. The summed E-state index contributed by atoms with van der Waals surface area (Å²) in [5, 5.41) is 2.20. The largest absolute Gasteiger partial charge is 0.301 e. The van der Waals surface area contributed by atoms with Gasteiger partial charge in [0.2, 0.25) is 0 Å². The zero-order valence-corrected chi connectivity index (χ0v) is 13.1. The lowest BCUT2D eigenvalue weighted by atomic mass is 9.84. The smallest absolute Gasteiger partial charge is 0.0863 e. The third-order valence-corrected chi connectivity index (χ3v) is 4.70. The Hall–Kier alpha value is -2.26. The third-order valence-electron chi connectivity index (χ3n) is 4.70. The van der Waals surface area contributed by atoms with Gasteiger partial charge in [-0.2, -0.15) is 0 Å². The Balaban J connectivity index is 2.03. The average molecular weight is 291 g/mol. The molecule has 2 aliphatic rings. The van der Waals surface area contributed by atoms with Crippen LogP contribution in [-0.2, 0) is 6.42 Å². The van der Waals surface area contributed by atoms with Crippen LogP contribution < -0.4 is 11.0 Å². The van der Waals surface area contributed by atoms with E-state index in [1.807, 2.05) is 0 Å². The van der Waals surface area contributed by atoms with Gasteiger partial charge in [-0.1, -0.05) is 55.5 Å². The molecule has 1 atom stereocenters. The Morgan fingerprint density at radius 2 is 1.77 bits per heavy atom. The fraction of sp³-hybridized carbons (Fsp3) is 0.263. The van der Waals surface area contributed by atoms with Gasteiger partial charge >= 0.3 is 0 Å². The Kier molecular flexibility index (Phi) is 3.16. The molecule has 4 rings (SSSR count). The molecule has 3 heteroatoms. The Morgan fingerprint density at radius 1 is 1.05 bits per heavy atom. The summed E-state index contributed by atoms with van der Waals surface area (Å²) in [6, 6.07) is 17.5. The molecule has 1 aliphatic heterocycles.